The van der Waals surface area contributed by atoms with Gasteiger partial charge >= 0.3 is 0 Å². The second-order valence-corrected chi connectivity index (χ2v) is 9.86. The van der Waals surface area contributed by atoms with Gasteiger partial charge in [-0.2, -0.15) is 4.31 Å². The summed E-state index contributed by atoms with van der Waals surface area (Å²) in [5, 5.41) is 0. The highest BCUT2D eigenvalue weighted by atomic mass is 32.2. The van der Waals surface area contributed by atoms with Crippen LogP contribution in [0.25, 0.3) is 0 Å². The van der Waals surface area contributed by atoms with Crippen LogP contribution in [-0.4, -0.2) is 73.9 Å². The first-order chi connectivity index (χ1) is 13.5. The van der Waals surface area contributed by atoms with Crippen molar-refractivity contribution < 1.29 is 13.2 Å². The molecular weight excluding hydrogens is 380 g/mol. The minimum atomic E-state index is -3.13. The summed E-state index contributed by atoms with van der Waals surface area (Å²) in [6.07, 6.45) is 6.42. The molecule has 1 aliphatic carbocycles. The maximum atomic E-state index is 11.7. The SMILES string of the molecule is CCOC1CCC2NNC(c3cc(N4CCN(S(C)(=O)=O)CC4)ncn3)C2C1. The topological polar surface area (TPSA) is 99.7 Å². The molecule has 2 aliphatic heterocycles. The Labute approximate surface area is 166 Å². The van der Waals surface area contributed by atoms with E-state index in [-0.39, 0.29) is 6.04 Å². The van der Waals surface area contributed by atoms with Crippen molar-refractivity contribution in [2.45, 2.75) is 44.4 Å². The van der Waals surface area contributed by atoms with Crippen LogP contribution in [0.15, 0.2) is 12.4 Å². The summed E-state index contributed by atoms with van der Waals surface area (Å²) >= 11 is 0. The third-order valence-electron chi connectivity index (χ3n) is 6.13. The Morgan fingerprint density at radius 1 is 1.18 bits per heavy atom. The molecule has 1 aromatic heterocycles. The number of fused-ring (bicyclic) bond motifs is 1. The second kappa shape index (κ2) is 8.19. The average Bonchev–Trinajstić information content (AvgIpc) is 3.11. The lowest BCUT2D eigenvalue weighted by atomic mass is 9.79. The molecule has 156 valence electrons. The maximum Gasteiger partial charge on any atom is 0.211 e. The fraction of sp³-hybridized carbons (Fsp3) is 0.778. The minimum absolute atomic E-state index is 0.132. The van der Waals surface area contributed by atoms with Gasteiger partial charge in [0.15, 0.2) is 0 Å². The number of aromatic nitrogens is 2. The first-order valence-electron chi connectivity index (χ1n) is 10.1. The molecule has 3 fully saturated rings. The van der Waals surface area contributed by atoms with Gasteiger partial charge < -0.3 is 9.64 Å². The molecule has 0 spiro atoms. The molecule has 4 atom stereocenters. The Hall–Kier alpha value is -1.33. The normalized spacial score (nSPS) is 31.7. The molecule has 10 heteroatoms. The van der Waals surface area contributed by atoms with Crippen LogP contribution in [0.5, 0.6) is 0 Å². The van der Waals surface area contributed by atoms with Crippen LogP contribution in [0.1, 0.15) is 37.9 Å². The highest BCUT2D eigenvalue weighted by molar-refractivity contribution is 7.88. The second-order valence-electron chi connectivity index (χ2n) is 7.88. The van der Waals surface area contributed by atoms with Gasteiger partial charge in [-0.15, -0.1) is 0 Å². The third kappa shape index (κ3) is 4.16. The lowest BCUT2D eigenvalue weighted by molar-refractivity contribution is 0.0149. The molecule has 4 unspecified atom stereocenters. The van der Waals surface area contributed by atoms with Gasteiger partial charge in [-0.25, -0.2) is 23.8 Å². The number of hydrogen-bond donors (Lipinski definition) is 2. The van der Waals surface area contributed by atoms with Gasteiger partial charge in [0.05, 0.1) is 24.1 Å². The maximum absolute atomic E-state index is 11.7. The van der Waals surface area contributed by atoms with Gasteiger partial charge in [-0.1, -0.05) is 0 Å². The van der Waals surface area contributed by atoms with Gasteiger partial charge in [-0.05, 0) is 26.2 Å². The molecule has 3 aliphatic rings. The quantitative estimate of drug-likeness (QED) is 0.714. The lowest BCUT2D eigenvalue weighted by Crippen LogP contribution is -2.48. The number of sulfonamides is 1. The Balaban J connectivity index is 1.45. The van der Waals surface area contributed by atoms with E-state index in [1.165, 1.54) is 10.6 Å². The largest absolute Gasteiger partial charge is 0.378 e. The number of nitrogens with one attached hydrogen (secondary N) is 2. The van der Waals surface area contributed by atoms with Gasteiger partial charge in [0, 0.05) is 50.8 Å². The molecule has 2 N–H and O–H groups in total. The van der Waals surface area contributed by atoms with E-state index in [2.05, 4.69) is 32.6 Å². The molecule has 3 heterocycles. The van der Waals surface area contributed by atoms with Crippen LogP contribution in [0.2, 0.25) is 0 Å². The zero-order valence-electron chi connectivity index (χ0n) is 16.5. The molecule has 1 saturated carbocycles. The molecule has 0 aromatic carbocycles. The lowest BCUT2D eigenvalue weighted by Gasteiger charge is -2.34. The van der Waals surface area contributed by atoms with E-state index in [4.69, 9.17) is 4.74 Å². The van der Waals surface area contributed by atoms with E-state index >= 15 is 0 Å². The standard InChI is InChI=1S/C18H30N6O3S/c1-3-27-13-4-5-15-14(10-13)18(22-21-15)16-11-17(20-12-19-16)23-6-8-24(9-7-23)28(2,25)26/h11-15,18,21-22H,3-10H2,1-2H3. The molecule has 9 nitrogen and oxygen atoms in total. The number of nitrogens with zero attached hydrogens (tertiary/aromatic N) is 4. The first-order valence-corrected chi connectivity index (χ1v) is 11.9. The molecule has 28 heavy (non-hydrogen) atoms. The minimum Gasteiger partial charge on any atom is -0.378 e. The Bertz CT molecular complexity index is 783. The molecule has 0 bridgehead atoms. The summed E-state index contributed by atoms with van der Waals surface area (Å²) in [6.45, 7) is 5.06. The van der Waals surface area contributed by atoms with Gasteiger partial charge in [0.1, 0.15) is 12.1 Å². The number of anilines is 1. The molecule has 0 amide bonds. The van der Waals surface area contributed by atoms with Crippen molar-refractivity contribution in [2.24, 2.45) is 5.92 Å². The van der Waals surface area contributed by atoms with Gasteiger partial charge in [0.25, 0.3) is 0 Å². The highest BCUT2D eigenvalue weighted by Gasteiger charge is 2.42. The van der Waals surface area contributed by atoms with Gasteiger partial charge in [-0.3, -0.25) is 5.43 Å². The van der Waals surface area contributed by atoms with Crippen molar-refractivity contribution in [3.05, 3.63) is 18.1 Å². The summed E-state index contributed by atoms with van der Waals surface area (Å²) in [6, 6.07) is 2.62. The molecular formula is C18H30N6O3S. The summed E-state index contributed by atoms with van der Waals surface area (Å²) in [4.78, 5) is 11.1. The van der Waals surface area contributed by atoms with Crippen LogP contribution < -0.4 is 15.8 Å². The molecule has 2 saturated heterocycles. The smallest absolute Gasteiger partial charge is 0.211 e. The van der Waals surface area contributed by atoms with E-state index in [1.54, 1.807) is 6.33 Å². The van der Waals surface area contributed by atoms with Crippen molar-refractivity contribution in [2.75, 3.05) is 43.9 Å². The van der Waals surface area contributed by atoms with Crippen molar-refractivity contribution >= 4 is 15.8 Å². The van der Waals surface area contributed by atoms with Crippen LogP contribution in [0.4, 0.5) is 5.82 Å². The zero-order valence-corrected chi connectivity index (χ0v) is 17.4. The van der Waals surface area contributed by atoms with E-state index in [0.29, 0.717) is 44.2 Å². The van der Waals surface area contributed by atoms with Gasteiger partial charge in [0.2, 0.25) is 10.0 Å². The zero-order chi connectivity index (χ0) is 19.7. The average molecular weight is 411 g/mol. The van der Waals surface area contributed by atoms with E-state index in [1.807, 2.05) is 6.07 Å². The fourth-order valence-electron chi connectivity index (χ4n) is 4.65. The summed E-state index contributed by atoms with van der Waals surface area (Å²) in [5.74, 6) is 1.30. The van der Waals surface area contributed by atoms with Crippen LogP contribution in [0, 0.1) is 5.92 Å². The molecule has 1 aromatic rings. The Kier molecular flexibility index (Phi) is 5.84. The Morgan fingerprint density at radius 3 is 2.68 bits per heavy atom. The highest BCUT2D eigenvalue weighted by Crippen LogP contribution is 2.38. The fourth-order valence-corrected chi connectivity index (χ4v) is 5.48. The Morgan fingerprint density at radius 2 is 1.96 bits per heavy atom. The van der Waals surface area contributed by atoms with Crippen LogP contribution >= 0.6 is 0 Å². The van der Waals surface area contributed by atoms with Crippen molar-refractivity contribution in [3.63, 3.8) is 0 Å². The summed E-state index contributed by atoms with van der Waals surface area (Å²) < 4.78 is 30.8. The third-order valence-corrected chi connectivity index (χ3v) is 7.43. The van der Waals surface area contributed by atoms with Crippen molar-refractivity contribution in [1.82, 2.24) is 25.1 Å². The number of piperazine rings is 1. The van der Waals surface area contributed by atoms with Crippen LogP contribution in [0.3, 0.4) is 0 Å². The first kappa shape index (κ1) is 20.0. The number of rotatable bonds is 5. The predicted molar refractivity (Wildman–Crippen MR) is 106 cm³/mol. The van der Waals surface area contributed by atoms with Crippen LogP contribution in [-0.2, 0) is 14.8 Å². The van der Waals surface area contributed by atoms with E-state index in [0.717, 1.165) is 37.4 Å². The summed E-state index contributed by atoms with van der Waals surface area (Å²) in [7, 11) is -3.13. The predicted octanol–water partition coefficient (Wildman–Crippen LogP) is 0.281. The van der Waals surface area contributed by atoms with E-state index in [9.17, 15) is 8.42 Å². The summed E-state index contributed by atoms with van der Waals surface area (Å²) in [5.41, 5.74) is 7.85. The number of hydrazine groups is 1. The van der Waals surface area contributed by atoms with Crippen molar-refractivity contribution in [3.8, 4) is 0 Å². The number of ether oxygens (including phenoxy) is 1. The number of hydrogen-bond acceptors (Lipinski definition) is 8. The van der Waals surface area contributed by atoms with Crippen molar-refractivity contribution in [1.29, 1.82) is 0 Å². The van der Waals surface area contributed by atoms with E-state index < -0.39 is 10.0 Å². The molecule has 4 rings (SSSR count). The monoisotopic (exact) mass is 410 g/mol. The molecule has 0 radical (unpaired) electrons.